The van der Waals surface area contributed by atoms with Crippen LogP contribution in [0.3, 0.4) is 0 Å². The first-order chi connectivity index (χ1) is 9.69. The molecule has 2 rings (SSSR count). The van der Waals surface area contributed by atoms with E-state index in [9.17, 15) is 0 Å². The topological polar surface area (TPSA) is 21.7 Å². The molecule has 1 saturated heterocycles. The molecular weight excluding hydrogens is 261 g/mol. The molecule has 0 amide bonds. The minimum Gasteiger partial charge on any atom is -0.400 e. The van der Waals surface area contributed by atoms with E-state index in [-0.39, 0.29) is 18.3 Å². The predicted octanol–water partition coefficient (Wildman–Crippen LogP) is 3.39. The molecule has 0 atom stereocenters. The highest BCUT2D eigenvalue weighted by molar-refractivity contribution is 6.52. The maximum absolute atomic E-state index is 5.95. The Hall–Kier alpha value is -1.10. The van der Waals surface area contributed by atoms with Gasteiger partial charge in [0.15, 0.2) is 0 Å². The van der Waals surface area contributed by atoms with Crippen molar-refractivity contribution in [2.45, 2.75) is 45.4 Å². The zero-order valence-electron chi connectivity index (χ0n) is 14.0. The van der Waals surface area contributed by atoms with Gasteiger partial charge in [-0.2, -0.15) is 0 Å². The van der Waals surface area contributed by atoms with Gasteiger partial charge in [-0.25, -0.2) is 0 Å². The second-order valence-electron chi connectivity index (χ2n) is 6.96. The molecule has 1 aromatic carbocycles. The van der Waals surface area contributed by atoms with Crippen LogP contribution in [0.2, 0.25) is 0 Å². The maximum atomic E-state index is 5.95. The summed E-state index contributed by atoms with van der Waals surface area (Å²) >= 11 is 0. The zero-order valence-corrected chi connectivity index (χ0v) is 14.0. The Kier molecular flexibility index (Phi) is 4.62. The molecule has 0 aliphatic carbocycles. The summed E-state index contributed by atoms with van der Waals surface area (Å²) in [4.78, 5) is 2.16. The van der Waals surface area contributed by atoms with Crippen LogP contribution in [0.25, 0.3) is 6.08 Å². The molecule has 0 N–H and O–H groups in total. The first-order valence-corrected chi connectivity index (χ1v) is 7.47. The first-order valence-electron chi connectivity index (χ1n) is 7.47. The van der Waals surface area contributed by atoms with Gasteiger partial charge in [0.2, 0.25) is 0 Å². The summed E-state index contributed by atoms with van der Waals surface area (Å²) in [6.07, 6.45) is 2.06. The summed E-state index contributed by atoms with van der Waals surface area (Å²) < 4.78 is 11.9. The Balaban J connectivity index is 1.99. The molecule has 0 spiro atoms. The van der Waals surface area contributed by atoms with Gasteiger partial charge < -0.3 is 14.2 Å². The van der Waals surface area contributed by atoms with E-state index in [1.165, 1.54) is 5.56 Å². The lowest BCUT2D eigenvalue weighted by atomic mass is 9.89. The van der Waals surface area contributed by atoms with Gasteiger partial charge in [-0.3, -0.25) is 0 Å². The van der Waals surface area contributed by atoms with Gasteiger partial charge >= 0.3 is 7.12 Å². The van der Waals surface area contributed by atoms with E-state index in [4.69, 9.17) is 9.31 Å². The quantitative estimate of drug-likeness (QED) is 0.792. The largest absolute Gasteiger partial charge is 0.487 e. The van der Waals surface area contributed by atoms with Crippen LogP contribution in [-0.4, -0.2) is 37.3 Å². The molecule has 1 heterocycles. The lowest BCUT2D eigenvalue weighted by Gasteiger charge is -2.32. The van der Waals surface area contributed by atoms with Crippen LogP contribution in [0, 0.1) is 0 Å². The smallest absolute Gasteiger partial charge is 0.400 e. The van der Waals surface area contributed by atoms with Crippen LogP contribution in [0.5, 0.6) is 0 Å². The van der Waals surface area contributed by atoms with Crippen molar-refractivity contribution in [3.63, 3.8) is 0 Å². The van der Waals surface area contributed by atoms with Crippen LogP contribution in [0.15, 0.2) is 30.2 Å². The third-order valence-corrected chi connectivity index (χ3v) is 4.20. The van der Waals surface area contributed by atoms with Crippen molar-refractivity contribution in [2.75, 3.05) is 14.1 Å². The summed E-state index contributed by atoms with van der Waals surface area (Å²) in [7, 11) is 3.87. The number of rotatable bonds is 4. The Morgan fingerprint density at radius 3 is 2.00 bits per heavy atom. The third-order valence-electron chi connectivity index (χ3n) is 4.20. The van der Waals surface area contributed by atoms with Crippen molar-refractivity contribution in [1.29, 1.82) is 0 Å². The second-order valence-corrected chi connectivity index (χ2v) is 6.96. The molecule has 1 aromatic rings. The number of hydrogen-bond acceptors (Lipinski definition) is 3. The van der Waals surface area contributed by atoms with Gasteiger partial charge in [0.1, 0.15) is 0 Å². The Bertz CT molecular complexity index is 490. The summed E-state index contributed by atoms with van der Waals surface area (Å²) in [6.45, 7) is 9.22. The fourth-order valence-electron chi connectivity index (χ4n) is 2.26. The van der Waals surface area contributed by atoms with E-state index in [1.807, 2.05) is 5.98 Å². The van der Waals surface area contributed by atoms with E-state index in [0.29, 0.717) is 0 Å². The lowest BCUT2D eigenvalue weighted by molar-refractivity contribution is 0.00578. The second kappa shape index (κ2) is 5.95. The minimum atomic E-state index is -0.281. The molecule has 4 heteroatoms. The summed E-state index contributed by atoms with van der Waals surface area (Å²) in [5, 5.41) is 0. The molecule has 0 aromatic heterocycles. The standard InChI is InChI=1S/C17H26BNO2/c1-16(2)17(3,4)21-18(20-16)12-11-14-7-9-15(10-8-14)13-19(5)6/h7-12H,13H2,1-6H3/b12-11+. The highest BCUT2D eigenvalue weighted by Gasteiger charge is 2.49. The average Bonchev–Trinajstić information content (AvgIpc) is 2.56. The van der Waals surface area contributed by atoms with Crippen molar-refractivity contribution in [3.8, 4) is 0 Å². The van der Waals surface area contributed by atoms with Crippen LogP contribution in [-0.2, 0) is 15.9 Å². The van der Waals surface area contributed by atoms with Gasteiger partial charge in [-0.05, 0) is 52.9 Å². The van der Waals surface area contributed by atoms with E-state index >= 15 is 0 Å². The van der Waals surface area contributed by atoms with E-state index in [0.717, 1.165) is 12.1 Å². The molecule has 0 bridgehead atoms. The average molecular weight is 287 g/mol. The monoisotopic (exact) mass is 287 g/mol. The van der Waals surface area contributed by atoms with Gasteiger partial charge in [0.05, 0.1) is 11.2 Å². The van der Waals surface area contributed by atoms with Crippen molar-refractivity contribution in [1.82, 2.24) is 4.90 Å². The van der Waals surface area contributed by atoms with Crippen molar-refractivity contribution < 1.29 is 9.31 Å². The first kappa shape index (κ1) is 16.3. The molecule has 1 aliphatic heterocycles. The van der Waals surface area contributed by atoms with Crippen LogP contribution in [0.1, 0.15) is 38.8 Å². The summed E-state index contributed by atoms with van der Waals surface area (Å²) in [5.74, 6) is 1.98. The van der Waals surface area contributed by atoms with E-state index in [2.05, 4.69) is 77.0 Å². The Labute approximate surface area is 129 Å². The van der Waals surface area contributed by atoms with Crippen LogP contribution >= 0.6 is 0 Å². The molecular formula is C17H26BNO2. The molecule has 1 fully saturated rings. The fourth-order valence-corrected chi connectivity index (χ4v) is 2.26. The van der Waals surface area contributed by atoms with Crippen LogP contribution in [0.4, 0.5) is 0 Å². The van der Waals surface area contributed by atoms with Gasteiger partial charge in [-0.15, -0.1) is 0 Å². The Morgan fingerprint density at radius 2 is 1.52 bits per heavy atom. The fraction of sp³-hybridized carbons (Fsp3) is 0.529. The molecule has 0 unspecified atom stereocenters. The number of benzene rings is 1. The molecule has 21 heavy (non-hydrogen) atoms. The third kappa shape index (κ3) is 3.97. The highest BCUT2D eigenvalue weighted by atomic mass is 16.7. The van der Waals surface area contributed by atoms with E-state index < -0.39 is 0 Å². The maximum Gasteiger partial charge on any atom is 0.487 e. The van der Waals surface area contributed by atoms with E-state index in [1.54, 1.807) is 0 Å². The molecule has 0 radical (unpaired) electrons. The van der Waals surface area contributed by atoms with Crippen molar-refractivity contribution >= 4 is 13.2 Å². The van der Waals surface area contributed by atoms with Crippen LogP contribution < -0.4 is 0 Å². The summed E-state index contributed by atoms with van der Waals surface area (Å²) in [6, 6.07) is 8.56. The molecule has 0 saturated carbocycles. The number of nitrogens with zero attached hydrogens (tertiary/aromatic N) is 1. The Morgan fingerprint density at radius 1 is 1.00 bits per heavy atom. The SMILES string of the molecule is CN(C)Cc1ccc(/C=C/B2OC(C)(C)C(C)(C)O2)cc1. The minimum absolute atomic E-state index is 0.280. The normalized spacial score (nSPS) is 20.6. The predicted molar refractivity (Wildman–Crippen MR) is 88.9 cm³/mol. The molecule has 1 aliphatic rings. The van der Waals surface area contributed by atoms with Crippen molar-refractivity contribution in [3.05, 3.63) is 41.4 Å². The summed E-state index contributed by atoms with van der Waals surface area (Å²) in [5.41, 5.74) is 1.91. The highest BCUT2D eigenvalue weighted by Crippen LogP contribution is 2.36. The van der Waals surface area contributed by atoms with Gasteiger partial charge in [0, 0.05) is 6.54 Å². The van der Waals surface area contributed by atoms with Gasteiger partial charge in [0.25, 0.3) is 0 Å². The van der Waals surface area contributed by atoms with Gasteiger partial charge in [-0.1, -0.05) is 36.3 Å². The molecule has 3 nitrogen and oxygen atoms in total. The zero-order chi connectivity index (χ0) is 15.7. The lowest BCUT2D eigenvalue weighted by Crippen LogP contribution is -2.41. The van der Waals surface area contributed by atoms with Crippen molar-refractivity contribution in [2.24, 2.45) is 0 Å². The molecule has 114 valence electrons. The number of hydrogen-bond donors (Lipinski definition) is 0.